The third-order valence-corrected chi connectivity index (χ3v) is 4.74. The van der Waals surface area contributed by atoms with Gasteiger partial charge in [0.25, 0.3) is 0 Å². The van der Waals surface area contributed by atoms with Crippen LogP contribution in [0.4, 0.5) is 0 Å². The Hall–Kier alpha value is -0.830. The van der Waals surface area contributed by atoms with E-state index in [0.29, 0.717) is 24.3 Å². The summed E-state index contributed by atoms with van der Waals surface area (Å²) in [6.07, 6.45) is 11.3. The minimum atomic E-state index is 0.391. The lowest BCUT2D eigenvalue weighted by Gasteiger charge is -2.33. The van der Waals surface area contributed by atoms with E-state index in [-0.39, 0.29) is 0 Å². The van der Waals surface area contributed by atoms with Gasteiger partial charge < -0.3 is 9.64 Å². The van der Waals surface area contributed by atoms with Gasteiger partial charge in [-0.1, -0.05) is 25.3 Å². The molecule has 0 bridgehead atoms. The molecule has 0 radical (unpaired) electrons. The molecule has 2 rings (SSSR count). The van der Waals surface area contributed by atoms with Crippen molar-refractivity contribution < 1.29 is 9.53 Å². The highest BCUT2D eigenvalue weighted by Gasteiger charge is 2.25. The first-order valence-electron chi connectivity index (χ1n) is 8.26. The molecule has 0 aromatic carbocycles. The van der Waals surface area contributed by atoms with E-state index in [0.717, 1.165) is 39.0 Å². The number of piperidine rings is 1. The van der Waals surface area contributed by atoms with Gasteiger partial charge in [-0.05, 0) is 37.5 Å². The van der Waals surface area contributed by atoms with E-state index in [1.54, 1.807) is 6.08 Å². The Bertz CT molecular complexity index is 302. The zero-order valence-corrected chi connectivity index (χ0v) is 12.7. The van der Waals surface area contributed by atoms with Crippen molar-refractivity contribution in [1.82, 2.24) is 4.90 Å². The van der Waals surface area contributed by atoms with E-state index in [2.05, 4.69) is 11.5 Å². The Kier molecular flexibility index (Phi) is 6.58. The van der Waals surface area contributed by atoms with Crippen molar-refractivity contribution in [2.24, 2.45) is 11.8 Å². The predicted molar refractivity (Wildman–Crippen MR) is 81.5 cm³/mol. The molecule has 2 fully saturated rings. The summed E-state index contributed by atoms with van der Waals surface area (Å²) < 4.78 is 5.52. The van der Waals surface area contributed by atoms with E-state index in [9.17, 15) is 4.79 Å². The number of carbonyl (C=O) groups is 1. The van der Waals surface area contributed by atoms with Gasteiger partial charge in [0.15, 0.2) is 0 Å². The summed E-state index contributed by atoms with van der Waals surface area (Å²) in [5.74, 6) is 1.67. The van der Waals surface area contributed by atoms with E-state index in [1.807, 2.05) is 0 Å². The van der Waals surface area contributed by atoms with Crippen LogP contribution in [-0.4, -0.2) is 37.1 Å². The smallest absolute Gasteiger partial charge is 0.222 e. The lowest BCUT2D eigenvalue weighted by molar-refractivity contribution is -0.134. The first kappa shape index (κ1) is 15.6. The molecule has 3 heteroatoms. The van der Waals surface area contributed by atoms with Crippen molar-refractivity contribution in [2.75, 3.05) is 26.3 Å². The molecule has 0 aromatic rings. The van der Waals surface area contributed by atoms with E-state index < -0.39 is 0 Å². The zero-order chi connectivity index (χ0) is 14.2. The third-order valence-electron chi connectivity index (χ3n) is 4.74. The summed E-state index contributed by atoms with van der Waals surface area (Å²) in [6.45, 7) is 6.96. The molecule has 0 N–H and O–H groups in total. The van der Waals surface area contributed by atoms with Gasteiger partial charge in [-0.15, -0.1) is 6.58 Å². The van der Waals surface area contributed by atoms with Gasteiger partial charge in [0, 0.05) is 26.1 Å². The van der Waals surface area contributed by atoms with Crippen LogP contribution >= 0.6 is 0 Å². The number of ether oxygens (including phenoxy) is 1. The summed E-state index contributed by atoms with van der Waals surface area (Å²) in [7, 11) is 0. The minimum Gasteiger partial charge on any atom is -0.377 e. The molecule has 1 saturated heterocycles. The monoisotopic (exact) mass is 279 g/mol. The Morgan fingerprint density at radius 3 is 2.45 bits per heavy atom. The van der Waals surface area contributed by atoms with Crippen molar-refractivity contribution in [2.45, 2.75) is 51.4 Å². The Balaban J connectivity index is 1.64. The second kappa shape index (κ2) is 8.46. The average Bonchev–Trinajstić information content (AvgIpc) is 2.49. The number of hydrogen-bond acceptors (Lipinski definition) is 2. The van der Waals surface area contributed by atoms with Crippen LogP contribution in [0.25, 0.3) is 0 Å². The average molecular weight is 279 g/mol. The third kappa shape index (κ3) is 4.93. The summed E-state index contributed by atoms with van der Waals surface area (Å²) in [5, 5.41) is 0. The van der Waals surface area contributed by atoms with E-state index in [4.69, 9.17) is 4.74 Å². The number of hydrogen-bond donors (Lipinski definition) is 0. The van der Waals surface area contributed by atoms with Gasteiger partial charge in [0.05, 0.1) is 6.61 Å². The highest BCUT2D eigenvalue weighted by atomic mass is 16.5. The van der Waals surface area contributed by atoms with Gasteiger partial charge in [-0.2, -0.15) is 0 Å². The fourth-order valence-electron chi connectivity index (χ4n) is 3.43. The van der Waals surface area contributed by atoms with Crippen LogP contribution in [0.5, 0.6) is 0 Å². The quantitative estimate of drug-likeness (QED) is 0.551. The van der Waals surface area contributed by atoms with Crippen LogP contribution in [0.1, 0.15) is 51.4 Å². The van der Waals surface area contributed by atoms with Crippen molar-refractivity contribution in [3.05, 3.63) is 12.7 Å². The summed E-state index contributed by atoms with van der Waals surface area (Å²) in [6, 6.07) is 0. The fourth-order valence-corrected chi connectivity index (χ4v) is 3.43. The summed E-state index contributed by atoms with van der Waals surface area (Å²) >= 11 is 0. The molecule has 0 atom stereocenters. The predicted octanol–water partition coefficient (Wildman–Crippen LogP) is 3.40. The lowest BCUT2D eigenvalue weighted by Crippen LogP contribution is -2.40. The standard InChI is InChI=1S/C17H29NO2/c1-2-12-20-14-16-8-10-18(11-9-16)17(19)13-15-6-4-3-5-7-15/h2,15-16H,1,3-14H2. The van der Waals surface area contributed by atoms with Crippen LogP contribution in [0.3, 0.4) is 0 Å². The summed E-state index contributed by atoms with van der Waals surface area (Å²) in [5.41, 5.74) is 0. The molecule has 2 aliphatic rings. The highest BCUT2D eigenvalue weighted by molar-refractivity contribution is 5.76. The van der Waals surface area contributed by atoms with E-state index in [1.165, 1.54) is 32.1 Å². The normalized spacial score (nSPS) is 21.9. The van der Waals surface area contributed by atoms with Gasteiger partial charge in [0.1, 0.15) is 0 Å². The molecule has 3 nitrogen and oxygen atoms in total. The van der Waals surface area contributed by atoms with Crippen LogP contribution in [-0.2, 0) is 9.53 Å². The highest BCUT2D eigenvalue weighted by Crippen LogP contribution is 2.27. The largest absolute Gasteiger partial charge is 0.377 e. The molecule has 1 aliphatic carbocycles. The number of rotatable bonds is 6. The molecule has 1 aliphatic heterocycles. The molecule has 1 heterocycles. The Morgan fingerprint density at radius 2 is 1.80 bits per heavy atom. The molecule has 1 amide bonds. The van der Waals surface area contributed by atoms with Gasteiger partial charge in [-0.25, -0.2) is 0 Å². The van der Waals surface area contributed by atoms with Crippen molar-refractivity contribution in [3.63, 3.8) is 0 Å². The lowest BCUT2D eigenvalue weighted by atomic mass is 9.86. The molecule has 0 unspecified atom stereocenters. The molecule has 0 aromatic heterocycles. The first-order valence-corrected chi connectivity index (χ1v) is 8.26. The zero-order valence-electron chi connectivity index (χ0n) is 12.7. The second-order valence-corrected chi connectivity index (χ2v) is 6.36. The second-order valence-electron chi connectivity index (χ2n) is 6.36. The SMILES string of the molecule is C=CCOCC1CCN(C(=O)CC2CCCCC2)CC1. The molecule has 1 saturated carbocycles. The van der Waals surface area contributed by atoms with Crippen molar-refractivity contribution >= 4 is 5.91 Å². The number of nitrogens with zero attached hydrogens (tertiary/aromatic N) is 1. The van der Waals surface area contributed by atoms with Gasteiger partial charge >= 0.3 is 0 Å². The Labute approximate surface area is 123 Å². The van der Waals surface area contributed by atoms with E-state index >= 15 is 0 Å². The van der Waals surface area contributed by atoms with Crippen LogP contribution in [0, 0.1) is 11.8 Å². The van der Waals surface area contributed by atoms with Crippen LogP contribution < -0.4 is 0 Å². The van der Waals surface area contributed by atoms with Gasteiger partial charge in [-0.3, -0.25) is 4.79 Å². The molecule has 0 spiro atoms. The number of amides is 1. The van der Waals surface area contributed by atoms with Crippen molar-refractivity contribution in [1.29, 1.82) is 0 Å². The van der Waals surface area contributed by atoms with Gasteiger partial charge in [0.2, 0.25) is 5.91 Å². The fraction of sp³-hybridized carbons (Fsp3) is 0.824. The van der Waals surface area contributed by atoms with Crippen LogP contribution in [0.2, 0.25) is 0 Å². The molecular formula is C17H29NO2. The Morgan fingerprint density at radius 1 is 1.10 bits per heavy atom. The maximum atomic E-state index is 12.3. The first-order chi connectivity index (χ1) is 9.79. The molecular weight excluding hydrogens is 250 g/mol. The maximum Gasteiger partial charge on any atom is 0.222 e. The maximum absolute atomic E-state index is 12.3. The topological polar surface area (TPSA) is 29.5 Å². The summed E-state index contributed by atoms with van der Waals surface area (Å²) in [4.78, 5) is 14.4. The number of carbonyl (C=O) groups excluding carboxylic acids is 1. The van der Waals surface area contributed by atoms with Crippen molar-refractivity contribution in [3.8, 4) is 0 Å². The number of likely N-dealkylation sites (tertiary alicyclic amines) is 1. The molecule has 114 valence electrons. The van der Waals surface area contributed by atoms with Crippen LogP contribution in [0.15, 0.2) is 12.7 Å². The molecule has 20 heavy (non-hydrogen) atoms. The minimum absolute atomic E-state index is 0.391.